The minimum atomic E-state index is -1.10. The first kappa shape index (κ1) is 17.4. The third kappa shape index (κ3) is 3.21. The quantitative estimate of drug-likeness (QED) is 0.659. The van der Waals surface area contributed by atoms with Gasteiger partial charge in [0.05, 0.1) is 0 Å². The number of hydrogen-bond acceptors (Lipinski definition) is 2. The van der Waals surface area contributed by atoms with Crippen molar-refractivity contribution in [2.45, 2.75) is 49.1 Å². The van der Waals surface area contributed by atoms with Crippen LogP contribution in [-0.4, -0.2) is 20.9 Å². The number of para-hydroxylation sites is 2. The maximum Gasteiger partial charge on any atom is 0.308 e. The van der Waals surface area contributed by atoms with Gasteiger partial charge in [0.2, 0.25) is 0 Å². The number of benzene rings is 2. The van der Waals surface area contributed by atoms with Gasteiger partial charge in [0.25, 0.3) is 0 Å². The van der Waals surface area contributed by atoms with E-state index in [-0.39, 0.29) is 0 Å². The van der Waals surface area contributed by atoms with Crippen molar-refractivity contribution in [3.8, 4) is 5.75 Å². The molecule has 0 saturated heterocycles. The van der Waals surface area contributed by atoms with Crippen LogP contribution in [0.5, 0.6) is 5.75 Å². The van der Waals surface area contributed by atoms with Gasteiger partial charge in [-0.05, 0) is 24.6 Å². The van der Waals surface area contributed by atoms with Crippen molar-refractivity contribution >= 4 is 19.8 Å². The molecule has 0 aromatic heterocycles. The summed E-state index contributed by atoms with van der Waals surface area (Å²) in [6.45, 7) is 12.4. The highest BCUT2D eigenvalue weighted by Crippen LogP contribution is 2.44. The molecule has 1 aliphatic rings. The number of nitrogens with zero attached hydrogens (tertiary/aromatic N) is 1. The molecule has 24 heavy (non-hydrogen) atoms. The van der Waals surface area contributed by atoms with E-state index in [2.05, 4.69) is 88.0 Å². The first-order valence-electron chi connectivity index (χ1n) is 9.04. The molecule has 0 aliphatic carbocycles. The summed E-state index contributed by atoms with van der Waals surface area (Å²) in [6.07, 6.45) is 0. The summed E-state index contributed by atoms with van der Waals surface area (Å²) in [6, 6.07) is 17.4. The molecule has 0 amide bonds. The Morgan fingerprint density at radius 3 is 2.25 bits per heavy atom. The van der Waals surface area contributed by atoms with Crippen LogP contribution in [0.3, 0.4) is 0 Å². The molecular weight excluding hydrogens is 309 g/mol. The summed E-state index contributed by atoms with van der Waals surface area (Å²) in [4.78, 5) is 2.98. The van der Waals surface area contributed by atoms with Gasteiger partial charge >= 0.3 is 14.1 Å². The van der Waals surface area contributed by atoms with Gasteiger partial charge in [-0.1, -0.05) is 73.7 Å². The van der Waals surface area contributed by atoms with Gasteiger partial charge in [-0.15, -0.1) is 0 Å². The number of rotatable bonds is 4. The Morgan fingerprint density at radius 2 is 1.62 bits per heavy atom. The minimum absolute atomic E-state index is 0.482. The molecule has 0 fully saturated rings. The van der Waals surface area contributed by atoms with Crippen molar-refractivity contribution in [2.75, 3.05) is 11.6 Å². The Labute approximate surface area is 150 Å². The lowest BCUT2D eigenvalue weighted by Crippen LogP contribution is -2.47. The van der Waals surface area contributed by atoms with Crippen LogP contribution in [0, 0.1) is 6.92 Å². The molecule has 0 bridgehead atoms. The molecule has 0 saturated carbocycles. The van der Waals surface area contributed by atoms with E-state index in [1.807, 2.05) is 0 Å². The Bertz CT molecular complexity index is 675. The SMILES string of the molecule is Cc1cccc2c1OCN(c1ccccc1)[CH]2[Al]([CH](C)C)[CH](C)C. The molecule has 0 radical (unpaired) electrons. The lowest BCUT2D eigenvalue weighted by atomic mass is 10.1. The maximum atomic E-state index is 6.21. The number of hydrogen-bond donors (Lipinski definition) is 0. The van der Waals surface area contributed by atoms with Gasteiger partial charge in [0.15, 0.2) is 6.73 Å². The third-order valence-corrected chi connectivity index (χ3v) is 9.76. The monoisotopic (exact) mass is 337 g/mol. The average Bonchev–Trinajstić information content (AvgIpc) is 2.56. The van der Waals surface area contributed by atoms with E-state index in [1.165, 1.54) is 16.8 Å². The predicted octanol–water partition coefficient (Wildman–Crippen LogP) is 5.75. The second-order valence-electron chi connectivity index (χ2n) is 7.58. The first-order chi connectivity index (χ1) is 11.5. The van der Waals surface area contributed by atoms with E-state index >= 15 is 0 Å². The predicted molar refractivity (Wildman–Crippen MR) is 104 cm³/mol. The van der Waals surface area contributed by atoms with E-state index in [4.69, 9.17) is 4.74 Å². The fourth-order valence-corrected chi connectivity index (χ4v) is 8.61. The molecule has 1 aliphatic heterocycles. The van der Waals surface area contributed by atoms with Gasteiger partial charge < -0.3 is 9.64 Å². The Hall–Kier alpha value is -1.43. The van der Waals surface area contributed by atoms with Gasteiger partial charge in [-0.25, -0.2) is 0 Å². The molecular formula is C21H28AlNO. The molecule has 1 heterocycles. The third-order valence-electron chi connectivity index (χ3n) is 5.24. The Kier molecular flexibility index (Phi) is 5.23. The first-order valence-corrected chi connectivity index (χ1v) is 11.0. The second-order valence-corrected chi connectivity index (χ2v) is 12.0. The summed E-state index contributed by atoms with van der Waals surface area (Å²) < 4.78 is 7.70. The van der Waals surface area contributed by atoms with Crippen molar-refractivity contribution in [2.24, 2.45) is 0 Å². The van der Waals surface area contributed by atoms with Crippen molar-refractivity contribution in [1.29, 1.82) is 0 Å². The lowest BCUT2D eigenvalue weighted by Gasteiger charge is -2.44. The zero-order valence-corrected chi connectivity index (χ0v) is 16.6. The summed E-state index contributed by atoms with van der Waals surface area (Å²) in [5.41, 5.74) is 3.92. The van der Waals surface area contributed by atoms with Crippen LogP contribution in [0.1, 0.15) is 43.7 Å². The van der Waals surface area contributed by atoms with Crippen LogP contribution >= 0.6 is 0 Å². The molecule has 0 N–H and O–H groups in total. The largest absolute Gasteiger partial charge is 0.473 e. The van der Waals surface area contributed by atoms with Crippen molar-refractivity contribution in [3.63, 3.8) is 0 Å². The highest BCUT2D eigenvalue weighted by Gasteiger charge is 2.42. The van der Waals surface area contributed by atoms with Crippen LogP contribution in [-0.2, 0) is 0 Å². The summed E-state index contributed by atoms with van der Waals surface area (Å²) in [5, 5.41) is 0. The van der Waals surface area contributed by atoms with E-state index in [0.29, 0.717) is 11.6 Å². The van der Waals surface area contributed by atoms with E-state index in [1.54, 1.807) is 0 Å². The maximum absolute atomic E-state index is 6.21. The molecule has 1 atom stereocenters. The lowest BCUT2D eigenvalue weighted by molar-refractivity contribution is 0.282. The van der Waals surface area contributed by atoms with Crippen LogP contribution in [0.15, 0.2) is 48.5 Å². The number of aryl methyl sites for hydroxylation is 1. The fraction of sp³-hybridized carbons (Fsp3) is 0.429. The topological polar surface area (TPSA) is 12.5 Å². The zero-order valence-electron chi connectivity index (χ0n) is 15.5. The van der Waals surface area contributed by atoms with Crippen LogP contribution in [0.4, 0.5) is 5.69 Å². The Morgan fingerprint density at radius 1 is 0.958 bits per heavy atom. The van der Waals surface area contributed by atoms with Crippen molar-refractivity contribution in [1.82, 2.24) is 0 Å². The van der Waals surface area contributed by atoms with Crippen LogP contribution in [0.2, 0.25) is 9.56 Å². The van der Waals surface area contributed by atoms with Crippen molar-refractivity contribution in [3.05, 3.63) is 59.7 Å². The zero-order chi connectivity index (χ0) is 17.3. The molecule has 126 valence electrons. The average molecular weight is 337 g/mol. The molecule has 2 nitrogen and oxygen atoms in total. The summed E-state index contributed by atoms with van der Waals surface area (Å²) >= 11 is -1.10. The van der Waals surface area contributed by atoms with Gasteiger partial charge in [0, 0.05) is 16.2 Å². The second kappa shape index (κ2) is 7.22. The minimum Gasteiger partial charge on any atom is -0.473 e. The normalized spacial score (nSPS) is 17.0. The summed E-state index contributed by atoms with van der Waals surface area (Å²) in [7, 11) is 0. The van der Waals surface area contributed by atoms with E-state index in [9.17, 15) is 0 Å². The fourth-order valence-electron chi connectivity index (χ4n) is 4.26. The van der Waals surface area contributed by atoms with Crippen LogP contribution in [0.25, 0.3) is 0 Å². The highest BCUT2D eigenvalue weighted by molar-refractivity contribution is 6.64. The standard InChI is InChI=1S/C15H14NO.2C3H7.Al/c1-12-6-5-7-13-10-16(11-17-15(12)13)14-8-3-2-4-9-14;2*1-3-2;/h2-10H,11H2,1H3;2*3H,1-2H3;. The molecule has 0 spiro atoms. The molecule has 1 unspecified atom stereocenters. The van der Waals surface area contributed by atoms with Gasteiger partial charge in [0.1, 0.15) is 5.75 Å². The smallest absolute Gasteiger partial charge is 0.308 e. The summed E-state index contributed by atoms with van der Waals surface area (Å²) in [5.74, 6) is 1.12. The van der Waals surface area contributed by atoms with Gasteiger partial charge in [-0.2, -0.15) is 0 Å². The highest BCUT2D eigenvalue weighted by atomic mass is 27.2. The molecule has 2 aromatic carbocycles. The molecule has 3 rings (SSSR count). The number of ether oxygens (including phenoxy) is 1. The van der Waals surface area contributed by atoms with Crippen molar-refractivity contribution < 1.29 is 4.74 Å². The Balaban J connectivity index is 2.14. The molecule has 2 aromatic rings. The van der Waals surface area contributed by atoms with Gasteiger partial charge in [-0.3, -0.25) is 0 Å². The van der Waals surface area contributed by atoms with E-state index < -0.39 is 14.1 Å². The van der Waals surface area contributed by atoms with Crippen LogP contribution < -0.4 is 9.64 Å². The molecule has 3 heteroatoms. The van der Waals surface area contributed by atoms with E-state index in [0.717, 1.165) is 15.3 Å². The number of anilines is 1. The number of fused-ring (bicyclic) bond motifs is 1.